The third-order valence-electron chi connectivity index (χ3n) is 2.82. The van der Waals surface area contributed by atoms with E-state index in [4.69, 9.17) is 4.42 Å². The molecule has 0 atom stereocenters. The summed E-state index contributed by atoms with van der Waals surface area (Å²) in [5, 5.41) is 0. The summed E-state index contributed by atoms with van der Waals surface area (Å²) in [6.45, 7) is 4.80. The Morgan fingerprint density at radius 1 is 1.18 bits per heavy atom. The summed E-state index contributed by atoms with van der Waals surface area (Å²) in [7, 11) is 0. The lowest BCUT2D eigenvalue weighted by Gasteiger charge is -2.07. The molecule has 0 aliphatic carbocycles. The molecule has 0 fully saturated rings. The van der Waals surface area contributed by atoms with Gasteiger partial charge in [-0.2, -0.15) is 13.2 Å². The van der Waals surface area contributed by atoms with Crippen molar-refractivity contribution >= 4 is 6.08 Å². The highest BCUT2D eigenvalue weighted by Crippen LogP contribution is 2.31. The number of halogens is 3. The molecule has 0 bridgehead atoms. The summed E-state index contributed by atoms with van der Waals surface area (Å²) in [6, 6.07) is 3.36. The van der Waals surface area contributed by atoms with Crippen LogP contribution in [-0.4, -0.2) is 16.1 Å². The molecule has 6 heteroatoms. The van der Waals surface area contributed by atoms with Crippen LogP contribution in [0.5, 0.6) is 0 Å². The van der Waals surface area contributed by atoms with E-state index in [0.717, 1.165) is 12.2 Å². The van der Waals surface area contributed by atoms with E-state index in [9.17, 15) is 13.2 Å². The van der Waals surface area contributed by atoms with Gasteiger partial charge in [-0.3, -0.25) is 4.98 Å². The lowest BCUT2D eigenvalue weighted by Crippen LogP contribution is -2.10. The van der Waals surface area contributed by atoms with E-state index >= 15 is 0 Å². The summed E-state index contributed by atoms with van der Waals surface area (Å²) in [4.78, 5) is 8.02. The SMILES string of the molecule is CC(C)=C/C(=C\c1nc(-c2ccncc2)oc1C)C(F)(F)F. The second kappa shape index (κ2) is 6.17. The minimum absolute atomic E-state index is 0.164. The number of aryl methyl sites for hydroxylation is 1. The Kier molecular flexibility index (Phi) is 4.49. The first-order valence-electron chi connectivity index (χ1n) is 6.59. The molecule has 3 nitrogen and oxygen atoms in total. The van der Waals surface area contributed by atoms with E-state index in [1.807, 2.05) is 0 Å². The first-order chi connectivity index (χ1) is 10.3. The van der Waals surface area contributed by atoms with Crippen molar-refractivity contribution in [1.29, 1.82) is 0 Å². The van der Waals surface area contributed by atoms with Gasteiger partial charge in [0.1, 0.15) is 11.5 Å². The quantitative estimate of drug-likeness (QED) is 0.752. The Morgan fingerprint density at radius 3 is 2.36 bits per heavy atom. The molecule has 2 rings (SSSR count). The van der Waals surface area contributed by atoms with Crippen LogP contribution in [0.2, 0.25) is 0 Å². The Labute approximate surface area is 126 Å². The highest BCUT2D eigenvalue weighted by Gasteiger charge is 2.32. The predicted molar refractivity (Wildman–Crippen MR) is 77.9 cm³/mol. The fraction of sp³-hybridized carbons (Fsp3) is 0.250. The van der Waals surface area contributed by atoms with Crippen LogP contribution >= 0.6 is 0 Å². The number of rotatable bonds is 3. The monoisotopic (exact) mass is 308 g/mol. The first-order valence-corrected chi connectivity index (χ1v) is 6.59. The lowest BCUT2D eigenvalue weighted by molar-refractivity contribution is -0.0873. The van der Waals surface area contributed by atoms with E-state index < -0.39 is 11.7 Å². The van der Waals surface area contributed by atoms with Crippen molar-refractivity contribution in [3.8, 4) is 11.5 Å². The lowest BCUT2D eigenvalue weighted by atomic mass is 10.1. The van der Waals surface area contributed by atoms with Gasteiger partial charge in [-0.25, -0.2) is 4.98 Å². The topological polar surface area (TPSA) is 38.9 Å². The number of oxazole rings is 1. The van der Waals surface area contributed by atoms with Gasteiger partial charge in [0.2, 0.25) is 5.89 Å². The summed E-state index contributed by atoms with van der Waals surface area (Å²) in [5.41, 5.74) is 0.620. The predicted octanol–water partition coefficient (Wildman–Crippen LogP) is 4.96. The van der Waals surface area contributed by atoms with Gasteiger partial charge in [-0.1, -0.05) is 11.6 Å². The van der Waals surface area contributed by atoms with Gasteiger partial charge in [-0.05, 0) is 39.0 Å². The summed E-state index contributed by atoms with van der Waals surface area (Å²) in [6.07, 6.45) is 0.764. The standard InChI is InChI=1S/C16H15F3N2O/c1-10(2)8-13(16(17,18)19)9-14-11(3)22-15(21-14)12-4-6-20-7-5-12/h4-9H,1-3H3/b13-9+. The van der Waals surface area contributed by atoms with Gasteiger partial charge in [-0.15, -0.1) is 0 Å². The van der Waals surface area contributed by atoms with E-state index in [1.54, 1.807) is 45.3 Å². The van der Waals surface area contributed by atoms with Crippen molar-refractivity contribution < 1.29 is 17.6 Å². The Morgan fingerprint density at radius 2 is 1.82 bits per heavy atom. The molecule has 0 saturated carbocycles. The molecule has 0 amide bonds. The maximum absolute atomic E-state index is 13.0. The van der Waals surface area contributed by atoms with Gasteiger partial charge in [0.25, 0.3) is 0 Å². The molecule has 2 aromatic heterocycles. The molecular weight excluding hydrogens is 293 g/mol. The average molecular weight is 308 g/mol. The molecule has 2 aromatic rings. The van der Waals surface area contributed by atoms with Crippen LogP contribution in [0.15, 0.2) is 46.2 Å². The van der Waals surface area contributed by atoms with E-state index in [1.165, 1.54) is 0 Å². The molecule has 116 valence electrons. The summed E-state index contributed by atoms with van der Waals surface area (Å²) in [5.74, 6) is 0.598. The van der Waals surface area contributed by atoms with Gasteiger partial charge in [0, 0.05) is 18.0 Å². The first kappa shape index (κ1) is 16.0. The minimum atomic E-state index is -4.44. The van der Waals surface area contributed by atoms with Crippen LogP contribution in [-0.2, 0) is 0 Å². The Bertz CT molecular complexity index is 709. The third-order valence-corrected chi connectivity index (χ3v) is 2.82. The second-order valence-electron chi connectivity index (χ2n) is 5.02. The van der Waals surface area contributed by atoms with Crippen molar-refractivity contribution in [3.63, 3.8) is 0 Å². The molecule has 2 heterocycles. The zero-order chi connectivity index (χ0) is 16.3. The van der Waals surface area contributed by atoms with Gasteiger partial charge < -0.3 is 4.42 Å². The Balaban J connectivity index is 2.46. The second-order valence-corrected chi connectivity index (χ2v) is 5.02. The minimum Gasteiger partial charge on any atom is -0.441 e. The van der Waals surface area contributed by atoms with Crippen LogP contribution in [0, 0.1) is 6.92 Å². The molecule has 0 aromatic carbocycles. The zero-order valence-corrected chi connectivity index (χ0v) is 12.4. The zero-order valence-electron chi connectivity index (χ0n) is 12.4. The van der Waals surface area contributed by atoms with Crippen molar-refractivity contribution in [1.82, 2.24) is 9.97 Å². The number of hydrogen-bond donors (Lipinski definition) is 0. The van der Waals surface area contributed by atoms with Crippen molar-refractivity contribution in [2.45, 2.75) is 26.9 Å². The van der Waals surface area contributed by atoms with Gasteiger partial charge in [0.05, 0.1) is 5.57 Å². The van der Waals surface area contributed by atoms with Crippen molar-refractivity contribution in [2.75, 3.05) is 0 Å². The van der Waals surface area contributed by atoms with Crippen LogP contribution in [0.25, 0.3) is 17.5 Å². The molecule has 0 aliphatic rings. The number of alkyl halides is 3. The maximum Gasteiger partial charge on any atom is 0.416 e. The van der Waals surface area contributed by atoms with Crippen molar-refractivity contribution in [3.05, 3.63) is 53.2 Å². The molecule has 22 heavy (non-hydrogen) atoms. The van der Waals surface area contributed by atoms with Crippen LogP contribution in [0.4, 0.5) is 13.2 Å². The molecule has 0 N–H and O–H groups in total. The molecule has 0 saturated heterocycles. The molecule has 0 spiro atoms. The maximum atomic E-state index is 13.0. The van der Waals surface area contributed by atoms with E-state index in [2.05, 4.69) is 9.97 Å². The smallest absolute Gasteiger partial charge is 0.416 e. The fourth-order valence-electron chi connectivity index (χ4n) is 1.82. The van der Waals surface area contributed by atoms with Crippen LogP contribution < -0.4 is 0 Å². The highest BCUT2D eigenvalue weighted by molar-refractivity contribution is 5.60. The molecule has 0 unspecified atom stereocenters. The number of hydrogen-bond acceptors (Lipinski definition) is 3. The number of nitrogens with zero attached hydrogens (tertiary/aromatic N) is 2. The van der Waals surface area contributed by atoms with E-state index in [-0.39, 0.29) is 11.6 Å². The van der Waals surface area contributed by atoms with Gasteiger partial charge >= 0.3 is 6.18 Å². The average Bonchev–Trinajstić information content (AvgIpc) is 2.79. The highest BCUT2D eigenvalue weighted by atomic mass is 19.4. The Hall–Kier alpha value is -2.37. The van der Waals surface area contributed by atoms with Crippen LogP contribution in [0.3, 0.4) is 0 Å². The third kappa shape index (κ3) is 3.84. The normalized spacial score (nSPS) is 12.4. The van der Waals surface area contributed by atoms with Crippen molar-refractivity contribution in [2.24, 2.45) is 0 Å². The molecule has 0 aliphatic heterocycles. The van der Waals surface area contributed by atoms with E-state index in [0.29, 0.717) is 16.9 Å². The number of allylic oxidation sites excluding steroid dienone is 3. The fourth-order valence-corrected chi connectivity index (χ4v) is 1.82. The summed E-state index contributed by atoms with van der Waals surface area (Å²) < 4.78 is 44.6. The largest absolute Gasteiger partial charge is 0.441 e. The summed E-state index contributed by atoms with van der Waals surface area (Å²) >= 11 is 0. The number of pyridine rings is 1. The molecular formula is C16H15F3N2O. The molecule has 0 radical (unpaired) electrons. The number of aromatic nitrogens is 2. The van der Waals surface area contributed by atoms with Gasteiger partial charge in [0.15, 0.2) is 0 Å². The van der Waals surface area contributed by atoms with Crippen LogP contribution in [0.1, 0.15) is 25.3 Å².